The van der Waals surface area contributed by atoms with Gasteiger partial charge in [-0.1, -0.05) is 51.0 Å². The number of carbonyl (C=O) groups excluding carboxylic acids is 2. The fourth-order valence-corrected chi connectivity index (χ4v) is 3.79. The zero-order valence-electron chi connectivity index (χ0n) is 18.4. The first-order valence-electron chi connectivity index (χ1n) is 10.8. The van der Waals surface area contributed by atoms with Crippen LogP contribution in [0.15, 0.2) is 53.3 Å². The Bertz CT molecular complexity index is 1070. The van der Waals surface area contributed by atoms with Crippen molar-refractivity contribution in [2.45, 2.75) is 52.6 Å². The summed E-state index contributed by atoms with van der Waals surface area (Å²) in [5.74, 6) is -0.189. The highest BCUT2D eigenvalue weighted by Crippen LogP contribution is 2.19. The number of fused-ring (bicyclic) bond motifs is 2. The Morgan fingerprint density at radius 3 is 2.10 bits per heavy atom. The maximum Gasteiger partial charge on any atom is 0.326 e. The first-order valence-corrected chi connectivity index (χ1v) is 10.8. The molecule has 3 rings (SSSR count). The summed E-state index contributed by atoms with van der Waals surface area (Å²) >= 11 is 0. The normalized spacial score (nSPS) is 12.3. The molecule has 0 fully saturated rings. The number of nitrogens with zero attached hydrogens (tertiary/aromatic N) is 1. The molecule has 1 aromatic heterocycles. The van der Waals surface area contributed by atoms with Crippen LogP contribution in [0.4, 0.5) is 0 Å². The zero-order chi connectivity index (χ0) is 22.4. The first-order chi connectivity index (χ1) is 14.9. The molecule has 6 nitrogen and oxygen atoms in total. The molecule has 0 spiro atoms. The number of rotatable bonds is 9. The lowest BCUT2D eigenvalue weighted by Crippen LogP contribution is -2.36. The minimum absolute atomic E-state index is 0.0387. The quantitative estimate of drug-likeness (QED) is 0.417. The van der Waals surface area contributed by atoms with Gasteiger partial charge in [-0.3, -0.25) is 14.4 Å². The molecule has 3 aromatic rings. The van der Waals surface area contributed by atoms with Crippen molar-refractivity contribution in [2.24, 2.45) is 5.92 Å². The lowest BCUT2D eigenvalue weighted by molar-refractivity contribution is -0.149. The smallest absolute Gasteiger partial charge is 0.326 e. The van der Waals surface area contributed by atoms with E-state index in [-0.39, 0.29) is 30.5 Å². The van der Waals surface area contributed by atoms with Crippen LogP contribution in [0.25, 0.3) is 21.8 Å². The van der Waals surface area contributed by atoms with Crippen LogP contribution in [-0.2, 0) is 20.9 Å². The highest BCUT2D eigenvalue weighted by Gasteiger charge is 2.15. The Balaban J connectivity index is 1.66. The van der Waals surface area contributed by atoms with Crippen LogP contribution < -0.4 is 10.7 Å². The predicted molar refractivity (Wildman–Crippen MR) is 123 cm³/mol. The minimum Gasteiger partial charge on any atom is -0.454 e. The van der Waals surface area contributed by atoms with Crippen LogP contribution in [-0.4, -0.2) is 29.1 Å². The third-order valence-electron chi connectivity index (χ3n) is 5.36. The number of nitrogens with one attached hydrogen (secondary N) is 1. The van der Waals surface area contributed by atoms with Crippen LogP contribution in [0.1, 0.15) is 40.0 Å². The molecule has 6 heteroatoms. The highest BCUT2D eigenvalue weighted by atomic mass is 16.5. The van der Waals surface area contributed by atoms with E-state index >= 15 is 0 Å². The summed E-state index contributed by atoms with van der Waals surface area (Å²) in [6.07, 6.45) is 3.06. The van der Waals surface area contributed by atoms with Crippen LogP contribution in [0.3, 0.4) is 0 Å². The van der Waals surface area contributed by atoms with Gasteiger partial charge in [-0.05, 0) is 43.5 Å². The van der Waals surface area contributed by atoms with Gasteiger partial charge >= 0.3 is 5.97 Å². The van der Waals surface area contributed by atoms with E-state index in [1.54, 1.807) is 28.8 Å². The van der Waals surface area contributed by atoms with Gasteiger partial charge in [0.15, 0.2) is 12.0 Å². The van der Waals surface area contributed by atoms with Gasteiger partial charge in [0.2, 0.25) is 0 Å². The summed E-state index contributed by atoms with van der Waals surface area (Å²) in [5, 5.41) is 3.96. The van der Waals surface area contributed by atoms with Crippen LogP contribution in [0.5, 0.6) is 0 Å². The van der Waals surface area contributed by atoms with E-state index in [9.17, 15) is 14.4 Å². The zero-order valence-corrected chi connectivity index (χ0v) is 18.4. The topological polar surface area (TPSA) is 77.4 Å². The second kappa shape index (κ2) is 10.2. The number of benzene rings is 2. The first kappa shape index (κ1) is 22.5. The number of carbonyl (C=O) groups is 2. The summed E-state index contributed by atoms with van der Waals surface area (Å²) in [5.41, 5.74) is 1.25. The molecule has 0 radical (unpaired) electrons. The third-order valence-corrected chi connectivity index (χ3v) is 5.36. The van der Waals surface area contributed by atoms with Crippen molar-refractivity contribution in [1.29, 1.82) is 0 Å². The maximum absolute atomic E-state index is 12.8. The predicted octanol–water partition coefficient (Wildman–Crippen LogP) is 4.03. The number of hydrogen-bond acceptors (Lipinski definition) is 4. The SMILES string of the molecule is CC(C)CCCC(C)NC(=O)COC(=O)Cn1c2ccccc2c(=O)c2ccccc21. The summed E-state index contributed by atoms with van der Waals surface area (Å²) in [6, 6.07) is 14.4. The van der Waals surface area contributed by atoms with E-state index in [4.69, 9.17) is 4.74 Å². The average Bonchev–Trinajstić information content (AvgIpc) is 2.75. The Labute approximate surface area is 182 Å². The number of esters is 1. The Kier molecular flexibility index (Phi) is 7.45. The third kappa shape index (κ3) is 5.72. The summed E-state index contributed by atoms with van der Waals surface area (Å²) in [7, 11) is 0. The fraction of sp³-hybridized carbons (Fsp3) is 0.400. The van der Waals surface area contributed by atoms with E-state index in [1.807, 2.05) is 31.2 Å². The van der Waals surface area contributed by atoms with E-state index in [2.05, 4.69) is 19.2 Å². The molecule has 0 saturated heterocycles. The molecule has 1 unspecified atom stereocenters. The molecule has 1 amide bonds. The van der Waals surface area contributed by atoms with Crippen molar-refractivity contribution < 1.29 is 14.3 Å². The van der Waals surface area contributed by atoms with Crippen molar-refractivity contribution in [2.75, 3.05) is 6.61 Å². The molecule has 0 aliphatic heterocycles. The second-order valence-electron chi connectivity index (χ2n) is 8.40. The number of ether oxygens (including phenoxy) is 1. The van der Waals surface area contributed by atoms with Crippen LogP contribution in [0, 0.1) is 5.92 Å². The molecule has 2 aromatic carbocycles. The van der Waals surface area contributed by atoms with Crippen molar-refractivity contribution >= 4 is 33.7 Å². The monoisotopic (exact) mass is 422 g/mol. The van der Waals surface area contributed by atoms with Gasteiger partial charge < -0.3 is 14.6 Å². The van der Waals surface area contributed by atoms with Gasteiger partial charge in [-0.2, -0.15) is 0 Å². The molecule has 1 N–H and O–H groups in total. The van der Waals surface area contributed by atoms with Crippen molar-refractivity contribution in [3.05, 3.63) is 58.8 Å². The fourth-order valence-electron chi connectivity index (χ4n) is 3.79. The minimum atomic E-state index is -0.526. The maximum atomic E-state index is 12.8. The number of pyridine rings is 1. The molecule has 31 heavy (non-hydrogen) atoms. The summed E-state index contributed by atoms with van der Waals surface area (Å²) < 4.78 is 6.99. The van der Waals surface area contributed by atoms with E-state index in [0.717, 1.165) is 19.3 Å². The molecular formula is C25H30N2O4. The van der Waals surface area contributed by atoms with Gasteiger partial charge in [0.05, 0.1) is 11.0 Å². The second-order valence-corrected chi connectivity index (χ2v) is 8.40. The molecule has 0 aliphatic carbocycles. The van der Waals surface area contributed by atoms with Gasteiger partial charge in [-0.15, -0.1) is 0 Å². The molecule has 0 aliphatic rings. The number of para-hydroxylation sites is 2. The lowest BCUT2D eigenvalue weighted by Gasteiger charge is -2.16. The Hall–Kier alpha value is -3.15. The van der Waals surface area contributed by atoms with Crippen molar-refractivity contribution in [3.63, 3.8) is 0 Å². The van der Waals surface area contributed by atoms with Crippen LogP contribution >= 0.6 is 0 Å². The summed E-state index contributed by atoms with van der Waals surface area (Å²) in [6.45, 7) is 5.91. The molecular weight excluding hydrogens is 392 g/mol. The summed E-state index contributed by atoms with van der Waals surface area (Å²) in [4.78, 5) is 37.4. The van der Waals surface area contributed by atoms with E-state index in [0.29, 0.717) is 27.7 Å². The molecule has 164 valence electrons. The number of hydrogen-bond donors (Lipinski definition) is 1. The van der Waals surface area contributed by atoms with Crippen molar-refractivity contribution in [3.8, 4) is 0 Å². The molecule has 0 saturated carbocycles. The van der Waals surface area contributed by atoms with E-state index < -0.39 is 5.97 Å². The van der Waals surface area contributed by atoms with E-state index in [1.165, 1.54) is 0 Å². The average molecular weight is 423 g/mol. The van der Waals surface area contributed by atoms with Gasteiger partial charge in [0.25, 0.3) is 5.91 Å². The number of amides is 1. The van der Waals surface area contributed by atoms with Gasteiger partial charge in [-0.25, -0.2) is 0 Å². The van der Waals surface area contributed by atoms with Gasteiger partial charge in [0.1, 0.15) is 6.54 Å². The Morgan fingerprint density at radius 2 is 1.52 bits per heavy atom. The van der Waals surface area contributed by atoms with Crippen LogP contribution in [0.2, 0.25) is 0 Å². The molecule has 1 heterocycles. The molecule has 1 atom stereocenters. The number of aromatic nitrogens is 1. The Morgan fingerprint density at radius 1 is 0.935 bits per heavy atom. The highest BCUT2D eigenvalue weighted by molar-refractivity contribution is 5.94. The molecule has 0 bridgehead atoms. The largest absolute Gasteiger partial charge is 0.454 e. The standard InChI is InChI=1S/C25H30N2O4/c1-17(2)9-8-10-18(3)26-23(28)16-31-24(29)15-27-21-13-6-4-11-19(21)25(30)20-12-5-7-14-22(20)27/h4-7,11-14,17-18H,8-10,15-16H2,1-3H3,(H,26,28). The van der Waals surface area contributed by atoms with Crippen molar-refractivity contribution in [1.82, 2.24) is 9.88 Å². The lowest BCUT2D eigenvalue weighted by atomic mass is 10.0. The van der Waals surface area contributed by atoms with Gasteiger partial charge in [0, 0.05) is 16.8 Å².